The number of aryl methyl sites for hydroxylation is 1. The summed E-state index contributed by atoms with van der Waals surface area (Å²) in [5, 5.41) is 10.6. The Labute approximate surface area is 119 Å². The number of hydrogen-bond acceptors (Lipinski definition) is 5. The lowest BCUT2D eigenvalue weighted by Gasteiger charge is -2.11. The summed E-state index contributed by atoms with van der Waals surface area (Å²) in [5.74, 6) is -0.728. The summed E-state index contributed by atoms with van der Waals surface area (Å²) in [5.41, 5.74) is 5.90. The number of hydrogen-bond donors (Lipinski definition) is 2. The molecule has 1 aromatic carbocycles. The molecule has 20 heavy (non-hydrogen) atoms. The summed E-state index contributed by atoms with van der Waals surface area (Å²) in [4.78, 5) is 12.0. The lowest BCUT2D eigenvalue weighted by molar-refractivity contribution is -0.115. The molecule has 0 fully saturated rings. The van der Waals surface area contributed by atoms with Crippen LogP contribution >= 0.6 is 11.8 Å². The Bertz CT molecular complexity index is 630. The van der Waals surface area contributed by atoms with Crippen molar-refractivity contribution in [2.45, 2.75) is 17.3 Å². The van der Waals surface area contributed by atoms with E-state index >= 15 is 0 Å². The average Bonchev–Trinajstić information content (AvgIpc) is 2.79. The van der Waals surface area contributed by atoms with Gasteiger partial charge in [-0.1, -0.05) is 11.8 Å². The Hall–Kier alpha value is -2.09. The number of aromatic nitrogens is 3. The molecule has 1 heterocycles. The molecule has 0 saturated carbocycles. The van der Waals surface area contributed by atoms with Crippen molar-refractivity contribution >= 4 is 29.0 Å². The first kappa shape index (κ1) is 14.3. The molecule has 0 bridgehead atoms. The van der Waals surface area contributed by atoms with Gasteiger partial charge in [-0.25, -0.2) is 4.39 Å². The first-order valence-corrected chi connectivity index (χ1v) is 6.72. The highest BCUT2D eigenvalue weighted by Crippen LogP contribution is 2.22. The first-order valence-electron chi connectivity index (χ1n) is 5.84. The maximum atomic E-state index is 13.0. The molecular formula is C12H14FN5OS. The molecule has 1 unspecified atom stereocenters. The molecule has 0 saturated heterocycles. The summed E-state index contributed by atoms with van der Waals surface area (Å²) in [6.45, 7) is 1.75. The number of thioether (sulfide) groups is 1. The van der Waals surface area contributed by atoms with E-state index in [1.54, 1.807) is 24.9 Å². The van der Waals surface area contributed by atoms with E-state index in [4.69, 9.17) is 5.73 Å². The number of anilines is 2. The van der Waals surface area contributed by atoms with Crippen molar-refractivity contribution in [3.8, 4) is 0 Å². The van der Waals surface area contributed by atoms with Crippen molar-refractivity contribution in [1.82, 2.24) is 14.8 Å². The van der Waals surface area contributed by atoms with Crippen LogP contribution in [0.4, 0.5) is 15.8 Å². The Balaban J connectivity index is 2.00. The standard InChI is InChI=1S/C12H14FN5OS/c1-7(20-12-17-15-6-18(12)2)11(19)16-8-3-4-9(13)10(14)5-8/h3-7H,14H2,1-2H3,(H,16,19). The molecule has 0 radical (unpaired) electrons. The van der Waals surface area contributed by atoms with Crippen LogP contribution in [0.25, 0.3) is 0 Å². The van der Waals surface area contributed by atoms with Crippen LogP contribution in [0.1, 0.15) is 6.92 Å². The molecule has 0 aliphatic heterocycles. The van der Waals surface area contributed by atoms with E-state index in [-0.39, 0.29) is 16.8 Å². The zero-order valence-corrected chi connectivity index (χ0v) is 11.8. The maximum Gasteiger partial charge on any atom is 0.237 e. The molecule has 0 aliphatic carbocycles. The predicted octanol–water partition coefficient (Wildman–Crippen LogP) is 1.66. The number of rotatable bonds is 4. The molecule has 8 heteroatoms. The fourth-order valence-electron chi connectivity index (χ4n) is 1.46. The van der Waals surface area contributed by atoms with Crippen LogP contribution in [0, 0.1) is 5.82 Å². The van der Waals surface area contributed by atoms with Gasteiger partial charge >= 0.3 is 0 Å². The molecule has 2 rings (SSSR count). The Morgan fingerprint density at radius 3 is 2.90 bits per heavy atom. The minimum atomic E-state index is -0.510. The SMILES string of the molecule is CC(Sc1nncn1C)C(=O)Nc1ccc(F)c(N)c1. The third-order valence-electron chi connectivity index (χ3n) is 2.58. The van der Waals surface area contributed by atoms with E-state index in [2.05, 4.69) is 15.5 Å². The van der Waals surface area contributed by atoms with E-state index in [0.29, 0.717) is 10.8 Å². The van der Waals surface area contributed by atoms with Crippen LogP contribution in [0.5, 0.6) is 0 Å². The summed E-state index contributed by atoms with van der Waals surface area (Å²) < 4.78 is 14.8. The number of carbonyl (C=O) groups excluding carboxylic acids is 1. The van der Waals surface area contributed by atoms with Gasteiger partial charge in [0.15, 0.2) is 5.16 Å². The number of nitrogens with two attached hydrogens (primary N) is 1. The van der Waals surface area contributed by atoms with Crippen molar-refractivity contribution in [2.24, 2.45) is 7.05 Å². The zero-order chi connectivity index (χ0) is 14.7. The highest BCUT2D eigenvalue weighted by molar-refractivity contribution is 8.00. The molecule has 3 N–H and O–H groups in total. The Kier molecular flexibility index (Phi) is 4.23. The average molecular weight is 295 g/mol. The monoisotopic (exact) mass is 295 g/mol. The van der Waals surface area contributed by atoms with Crippen LogP contribution in [0.15, 0.2) is 29.7 Å². The molecule has 0 spiro atoms. The van der Waals surface area contributed by atoms with Gasteiger partial charge in [-0.3, -0.25) is 4.79 Å². The van der Waals surface area contributed by atoms with Crippen molar-refractivity contribution in [2.75, 3.05) is 11.1 Å². The normalized spacial score (nSPS) is 12.2. The van der Waals surface area contributed by atoms with Crippen molar-refractivity contribution in [3.63, 3.8) is 0 Å². The van der Waals surface area contributed by atoms with Gasteiger partial charge < -0.3 is 15.6 Å². The molecule has 2 aromatic rings. The minimum absolute atomic E-state index is 0.00333. The molecule has 1 aromatic heterocycles. The molecule has 1 atom stereocenters. The molecule has 1 amide bonds. The van der Waals surface area contributed by atoms with Crippen LogP contribution in [0.3, 0.4) is 0 Å². The number of halogens is 1. The quantitative estimate of drug-likeness (QED) is 0.662. The van der Waals surface area contributed by atoms with Crippen LogP contribution in [-0.2, 0) is 11.8 Å². The van der Waals surface area contributed by atoms with E-state index in [1.165, 1.54) is 30.0 Å². The van der Waals surface area contributed by atoms with Crippen molar-refractivity contribution < 1.29 is 9.18 Å². The summed E-state index contributed by atoms with van der Waals surface area (Å²) >= 11 is 1.28. The van der Waals surface area contributed by atoms with E-state index in [0.717, 1.165) is 0 Å². The zero-order valence-electron chi connectivity index (χ0n) is 11.0. The van der Waals surface area contributed by atoms with Crippen molar-refractivity contribution in [1.29, 1.82) is 0 Å². The van der Waals surface area contributed by atoms with Crippen molar-refractivity contribution in [3.05, 3.63) is 30.3 Å². The second kappa shape index (κ2) is 5.91. The number of amides is 1. The minimum Gasteiger partial charge on any atom is -0.396 e. The van der Waals surface area contributed by atoms with Crippen LogP contribution in [-0.4, -0.2) is 25.9 Å². The summed E-state index contributed by atoms with van der Waals surface area (Å²) in [6, 6.07) is 4.06. The number of nitrogens with zero attached hydrogens (tertiary/aromatic N) is 3. The van der Waals surface area contributed by atoms with Gasteiger partial charge in [-0.15, -0.1) is 10.2 Å². The third kappa shape index (κ3) is 3.27. The van der Waals surface area contributed by atoms with Crippen LogP contribution in [0.2, 0.25) is 0 Å². The second-order valence-corrected chi connectivity index (χ2v) is 5.52. The second-order valence-electron chi connectivity index (χ2n) is 4.21. The predicted molar refractivity (Wildman–Crippen MR) is 75.8 cm³/mol. The van der Waals surface area contributed by atoms with E-state index in [9.17, 15) is 9.18 Å². The third-order valence-corrected chi connectivity index (χ3v) is 3.73. The molecular weight excluding hydrogens is 281 g/mol. The lowest BCUT2D eigenvalue weighted by atomic mass is 10.2. The van der Waals surface area contributed by atoms with E-state index in [1.807, 2.05) is 0 Å². The van der Waals surface area contributed by atoms with Gasteiger partial charge in [0, 0.05) is 12.7 Å². The number of nitrogens with one attached hydrogen (secondary N) is 1. The number of benzene rings is 1. The fraction of sp³-hybridized carbons (Fsp3) is 0.250. The fourth-order valence-corrected chi connectivity index (χ4v) is 2.25. The maximum absolute atomic E-state index is 13.0. The Morgan fingerprint density at radius 2 is 2.30 bits per heavy atom. The summed E-state index contributed by atoms with van der Waals surface area (Å²) in [7, 11) is 1.80. The molecule has 0 aliphatic rings. The highest BCUT2D eigenvalue weighted by atomic mass is 32.2. The first-order chi connectivity index (χ1) is 9.47. The molecule has 106 valence electrons. The van der Waals surface area contributed by atoms with Gasteiger partial charge in [0.1, 0.15) is 12.1 Å². The van der Waals surface area contributed by atoms with Gasteiger partial charge in [-0.2, -0.15) is 0 Å². The number of nitrogen functional groups attached to an aromatic ring is 1. The lowest BCUT2D eigenvalue weighted by Crippen LogP contribution is -2.22. The van der Waals surface area contributed by atoms with E-state index < -0.39 is 5.82 Å². The van der Waals surface area contributed by atoms with Gasteiger partial charge in [0.05, 0.1) is 10.9 Å². The largest absolute Gasteiger partial charge is 0.396 e. The van der Waals surface area contributed by atoms with Crippen LogP contribution < -0.4 is 11.1 Å². The topological polar surface area (TPSA) is 85.8 Å². The summed E-state index contributed by atoms with van der Waals surface area (Å²) in [6.07, 6.45) is 1.56. The number of carbonyl (C=O) groups is 1. The highest BCUT2D eigenvalue weighted by Gasteiger charge is 2.17. The van der Waals surface area contributed by atoms with Gasteiger partial charge in [-0.05, 0) is 25.1 Å². The smallest absolute Gasteiger partial charge is 0.237 e. The van der Waals surface area contributed by atoms with Gasteiger partial charge in [0.25, 0.3) is 0 Å². The molecule has 6 nitrogen and oxygen atoms in total. The van der Waals surface area contributed by atoms with Gasteiger partial charge in [0.2, 0.25) is 5.91 Å². The Morgan fingerprint density at radius 1 is 1.55 bits per heavy atom.